The van der Waals surface area contributed by atoms with Crippen LogP contribution in [0.15, 0.2) is 40.8 Å². The highest BCUT2D eigenvalue weighted by atomic mass is 19.1. The van der Waals surface area contributed by atoms with Crippen LogP contribution in [-0.4, -0.2) is 30.9 Å². The summed E-state index contributed by atoms with van der Waals surface area (Å²) in [5.41, 5.74) is 1.27. The Morgan fingerprint density at radius 2 is 1.94 bits per heavy atom. The van der Waals surface area contributed by atoms with Gasteiger partial charge in [-0.3, -0.25) is 9.59 Å². The zero-order valence-electron chi connectivity index (χ0n) is 19.3. The number of ketones is 1. The maximum absolute atomic E-state index is 13.4. The molecule has 2 heterocycles. The van der Waals surface area contributed by atoms with Crippen LogP contribution in [0.2, 0.25) is 0 Å². The van der Waals surface area contributed by atoms with Crippen LogP contribution >= 0.6 is 0 Å². The number of hydrogen-bond acceptors (Lipinski definition) is 5. The number of rotatable bonds is 7. The molecule has 7 heteroatoms. The Morgan fingerprint density at radius 1 is 1.21 bits per heavy atom. The van der Waals surface area contributed by atoms with Gasteiger partial charge in [0.25, 0.3) is 5.91 Å². The molecule has 0 fully saturated rings. The van der Waals surface area contributed by atoms with Gasteiger partial charge >= 0.3 is 0 Å². The Hall–Kier alpha value is -3.19. The van der Waals surface area contributed by atoms with Gasteiger partial charge in [-0.05, 0) is 63.9 Å². The Balaban J connectivity index is 1.60. The van der Waals surface area contributed by atoms with Crippen molar-refractivity contribution in [2.24, 2.45) is 0 Å². The number of Topliss-reactive ketones (excluding diaryl/α,β-unsaturated/α-hetero) is 1. The van der Waals surface area contributed by atoms with Gasteiger partial charge in [-0.2, -0.15) is 0 Å². The number of carbonyl (C=O) groups excluding carboxylic acids is 2. The molecule has 0 spiro atoms. The minimum atomic E-state index is -0.915. The van der Waals surface area contributed by atoms with E-state index in [0.717, 1.165) is 0 Å². The molecule has 0 unspecified atom stereocenters. The minimum Gasteiger partial charge on any atom is -0.482 e. The first-order valence-corrected chi connectivity index (χ1v) is 11.1. The highest BCUT2D eigenvalue weighted by molar-refractivity contribution is 6.13. The molecule has 4 rings (SSSR count). The first kappa shape index (κ1) is 23.0. The topological polar surface area (TPSA) is 77.8 Å². The Morgan fingerprint density at radius 3 is 2.64 bits per heavy atom. The van der Waals surface area contributed by atoms with E-state index in [1.54, 1.807) is 31.2 Å². The fourth-order valence-electron chi connectivity index (χ4n) is 4.21. The van der Waals surface area contributed by atoms with Gasteiger partial charge in [0, 0.05) is 24.1 Å². The van der Waals surface area contributed by atoms with Crippen molar-refractivity contribution in [1.82, 2.24) is 5.32 Å². The molecule has 174 valence electrons. The second kappa shape index (κ2) is 8.98. The van der Waals surface area contributed by atoms with Crippen LogP contribution in [0.3, 0.4) is 0 Å². The fraction of sp³-hybridized carbons (Fsp3) is 0.385. The second-order valence-electron chi connectivity index (χ2n) is 8.84. The number of hydrogen-bond donors (Lipinski definition) is 1. The molecular formula is C26H28FNO5. The van der Waals surface area contributed by atoms with Crippen molar-refractivity contribution >= 4 is 22.7 Å². The largest absolute Gasteiger partial charge is 0.482 e. The zero-order valence-corrected chi connectivity index (χ0v) is 19.3. The summed E-state index contributed by atoms with van der Waals surface area (Å²) in [5.74, 6) is -0.188. The molecule has 3 aromatic rings. The molecule has 6 nitrogen and oxygen atoms in total. The molecule has 1 atom stereocenters. The molecule has 0 aliphatic carbocycles. The lowest BCUT2D eigenvalue weighted by atomic mass is 9.84. The number of halogens is 1. The van der Waals surface area contributed by atoms with E-state index in [0.29, 0.717) is 53.0 Å². The standard InChI is InChI=1S/C26H28FNO5/c1-15(2)31-13-5-12-28-25(30)24-16(3)22-20(32-24)10-11-21-23(22)19(29)14-26(4,33-21)17-6-8-18(27)9-7-17/h6-11,15H,5,12-14H2,1-4H3,(H,28,30)/t26-/m1/s1. The van der Waals surface area contributed by atoms with Crippen molar-refractivity contribution in [3.05, 3.63) is 64.7 Å². The third kappa shape index (κ3) is 4.50. The Bertz CT molecular complexity index is 1200. The van der Waals surface area contributed by atoms with Gasteiger partial charge in [-0.1, -0.05) is 12.1 Å². The first-order valence-electron chi connectivity index (χ1n) is 11.1. The number of benzene rings is 2. The Labute approximate surface area is 192 Å². The molecule has 33 heavy (non-hydrogen) atoms. The lowest BCUT2D eigenvalue weighted by Crippen LogP contribution is -2.36. The van der Waals surface area contributed by atoms with Crippen molar-refractivity contribution in [2.75, 3.05) is 13.2 Å². The second-order valence-corrected chi connectivity index (χ2v) is 8.84. The first-order chi connectivity index (χ1) is 15.7. The number of carbonyl (C=O) groups is 2. The van der Waals surface area contributed by atoms with Gasteiger partial charge < -0.3 is 19.2 Å². The molecule has 1 amide bonds. The summed E-state index contributed by atoms with van der Waals surface area (Å²) in [6, 6.07) is 9.36. The van der Waals surface area contributed by atoms with Gasteiger partial charge in [0.05, 0.1) is 18.1 Å². The van der Waals surface area contributed by atoms with Gasteiger partial charge in [-0.25, -0.2) is 4.39 Å². The monoisotopic (exact) mass is 453 g/mol. The van der Waals surface area contributed by atoms with Gasteiger partial charge in [0.2, 0.25) is 0 Å². The summed E-state index contributed by atoms with van der Waals surface area (Å²) in [6.45, 7) is 8.52. The van der Waals surface area contributed by atoms with Crippen LogP contribution in [0, 0.1) is 12.7 Å². The maximum atomic E-state index is 13.4. The minimum absolute atomic E-state index is 0.0900. The average Bonchev–Trinajstić information content (AvgIpc) is 3.10. The van der Waals surface area contributed by atoms with Crippen LogP contribution in [0.25, 0.3) is 11.0 Å². The van der Waals surface area contributed by atoms with Gasteiger partial charge in [0.1, 0.15) is 22.8 Å². The normalized spacial score (nSPS) is 17.8. The van der Waals surface area contributed by atoms with Crippen molar-refractivity contribution in [2.45, 2.75) is 52.2 Å². The van der Waals surface area contributed by atoms with Crippen LogP contribution in [-0.2, 0) is 10.3 Å². The summed E-state index contributed by atoms with van der Waals surface area (Å²) < 4.78 is 30.9. The van der Waals surface area contributed by atoms with E-state index in [1.807, 2.05) is 20.8 Å². The molecule has 1 aromatic heterocycles. The van der Waals surface area contributed by atoms with Crippen LogP contribution in [0.5, 0.6) is 5.75 Å². The molecule has 2 aromatic carbocycles. The van der Waals surface area contributed by atoms with E-state index in [-0.39, 0.29) is 35.8 Å². The van der Waals surface area contributed by atoms with E-state index in [1.165, 1.54) is 12.1 Å². The summed E-state index contributed by atoms with van der Waals surface area (Å²) in [6.07, 6.45) is 0.925. The number of ether oxygens (including phenoxy) is 2. The third-order valence-electron chi connectivity index (χ3n) is 5.89. The molecule has 1 aliphatic heterocycles. The lowest BCUT2D eigenvalue weighted by molar-refractivity contribution is 0.0507. The van der Waals surface area contributed by atoms with Gasteiger partial charge in [0.15, 0.2) is 11.5 Å². The SMILES string of the molecule is Cc1c(C(=O)NCCCOC(C)C)oc2ccc3c(c12)C(=O)C[C@](C)(c1ccc(F)cc1)O3. The van der Waals surface area contributed by atoms with Crippen LogP contribution in [0.1, 0.15) is 65.7 Å². The smallest absolute Gasteiger partial charge is 0.287 e. The summed E-state index contributed by atoms with van der Waals surface area (Å²) >= 11 is 0. The highest BCUT2D eigenvalue weighted by Crippen LogP contribution is 2.44. The molecule has 0 bridgehead atoms. The molecule has 1 aliphatic rings. The van der Waals surface area contributed by atoms with Crippen molar-refractivity contribution in [3.63, 3.8) is 0 Å². The Kier molecular flexibility index (Phi) is 6.26. The molecule has 1 N–H and O–H groups in total. The number of fused-ring (bicyclic) bond motifs is 3. The average molecular weight is 454 g/mol. The maximum Gasteiger partial charge on any atom is 0.287 e. The third-order valence-corrected chi connectivity index (χ3v) is 5.89. The summed E-state index contributed by atoms with van der Waals surface area (Å²) in [7, 11) is 0. The number of aryl methyl sites for hydroxylation is 1. The van der Waals surface area contributed by atoms with E-state index in [2.05, 4.69) is 5.32 Å². The molecular weight excluding hydrogens is 425 g/mol. The summed E-state index contributed by atoms with van der Waals surface area (Å²) in [5, 5.41) is 3.44. The van der Waals surface area contributed by atoms with E-state index >= 15 is 0 Å². The zero-order chi connectivity index (χ0) is 23.8. The van der Waals surface area contributed by atoms with Crippen molar-refractivity contribution in [3.8, 4) is 5.75 Å². The van der Waals surface area contributed by atoms with Crippen molar-refractivity contribution in [1.29, 1.82) is 0 Å². The molecule has 0 saturated carbocycles. The predicted octanol–water partition coefficient (Wildman–Crippen LogP) is 5.31. The van der Waals surface area contributed by atoms with Gasteiger partial charge in [-0.15, -0.1) is 0 Å². The van der Waals surface area contributed by atoms with E-state index in [9.17, 15) is 14.0 Å². The van der Waals surface area contributed by atoms with Crippen molar-refractivity contribution < 1.29 is 27.9 Å². The number of amides is 1. The van der Waals surface area contributed by atoms with Crippen LogP contribution < -0.4 is 10.1 Å². The van der Waals surface area contributed by atoms with Crippen LogP contribution in [0.4, 0.5) is 4.39 Å². The summed E-state index contributed by atoms with van der Waals surface area (Å²) in [4.78, 5) is 26.0. The predicted molar refractivity (Wildman–Crippen MR) is 122 cm³/mol. The number of furan rings is 1. The van der Waals surface area contributed by atoms with E-state index in [4.69, 9.17) is 13.9 Å². The van der Waals surface area contributed by atoms with E-state index < -0.39 is 5.60 Å². The molecule has 0 saturated heterocycles. The molecule has 0 radical (unpaired) electrons. The fourth-order valence-corrected chi connectivity index (χ4v) is 4.21. The lowest BCUT2D eigenvalue weighted by Gasteiger charge is -2.35. The highest BCUT2D eigenvalue weighted by Gasteiger charge is 2.40. The quantitative estimate of drug-likeness (QED) is 0.491. The number of nitrogens with one attached hydrogen (secondary N) is 1.